The molecule has 0 bridgehead atoms. The Balaban J connectivity index is 2.77. The lowest BCUT2D eigenvalue weighted by Gasteiger charge is -2.15. The Labute approximate surface area is 131 Å². The predicted molar refractivity (Wildman–Crippen MR) is 81.3 cm³/mol. The maximum absolute atomic E-state index is 12.3. The molecular weight excluding hydrogens is 322 g/mol. The molecule has 0 fully saturated rings. The smallest absolute Gasteiger partial charge is 0.247 e. The highest BCUT2D eigenvalue weighted by molar-refractivity contribution is 7.99. The Morgan fingerprint density at radius 2 is 2.24 bits per heavy atom. The van der Waals surface area contributed by atoms with Crippen LogP contribution in [-0.4, -0.2) is 37.8 Å². The van der Waals surface area contributed by atoms with Crippen LogP contribution in [0.5, 0.6) is 0 Å². The largest absolute Gasteiger partial charge is 0.380 e. The zero-order chi connectivity index (χ0) is 15.8. The monoisotopic (exact) mass is 338 g/mol. The summed E-state index contributed by atoms with van der Waals surface area (Å²) in [4.78, 5) is 12.3. The van der Waals surface area contributed by atoms with E-state index in [4.69, 9.17) is 22.1 Å². The summed E-state index contributed by atoms with van der Waals surface area (Å²) in [6.45, 7) is 0.215. The average Bonchev–Trinajstić information content (AvgIpc) is 2.43. The lowest BCUT2D eigenvalue weighted by Crippen LogP contribution is -2.28. The van der Waals surface area contributed by atoms with Gasteiger partial charge in [-0.3, -0.25) is 4.79 Å². The van der Waals surface area contributed by atoms with Crippen molar-refractivity contribution >= 4 is 35.0 Å². The second kappa shape index (κ2) is 9.19. The van der Waals surface area contributed by atoms with Crippen molar-refractivity contribution in [2.24, 2.45) is 5.73 Å². The fourth-order valence-corrected chi connectivity index (χ4v) is 2.68. The van der Waals surface area contributed by atoms with Crippen molar-refractivity contribution in [3.05, 3.63) is 23.2 Å². The topological polar surface area (TPSA) is 64.3 Å². The number of carbonyl (C=O) groups is 1. The minimum absolute atomic E-state index is 0.0818. The summed E-state index contributed by atoms with van der Waals surface area (Å²) in [5.74, 6) is -0.704. The fourth-order valence-electron chi connectivity index (χ4n) is 1.57. The number of hydrogen-bond donors (Lipinski definition) is 2. The van der Waals surface area contributed by atoms with E-state index >= 15 is 0 Å². The van der Waals surface area contributed by atoms with E-state index in [1.807, 2.05) is 0 Å². The summed E-state index contributed by atoms with van der Waals surface area (Å²) in [6, 6.07) is 4.84. The third-order valence-electron chi connectivity index (χ3n) is 2.60. The van der Waals surface area contributed by atoms with E-state index in [-0.39, 0.29) is 25.0 Å². The molecule has 0 spiro atoms. The summed E-state index contributed by atoms with van der Waals surface area (Å²) < 4.78 is 29.7. The molecule has 21 heavy (non-hydrogen) atoms. The molecule has 1 unspecified atom stereocenters. The van der Waals surface area contributed by atoms with Gasteiger partial charge >= 0.3 is 0 Å². The van der Waals surface area contributed by atoms with Crippen LogP contribution in [-0.2, 0) is 9.53 Å². The van der Waals surface area contributed by atoms with Gasteiger partial charge in [-0.1, -0.05) is 17.7 Å². The number of methoxy groups -OCH3 is 1. The van der Waals surface area contributed by atoms with E-state index in [1.165, 1.54) is 7.11 Å². The fraction of sp³-hybridized carbons (Fsp3) is 0.462. The molecule has 4 nitrogen and oxygen atoms in total. The minimum Gasteiger partial charge on any atom is -0.380 e. The van der Waals surface area contributed by atoms with Gasteiger partial charge in [-0.25, -0.2) is 8.78 Å². The van der Waals surface area contributed by atoms with E-state index in [0.29, 0.717) is 15.6 Å². The van der Waals surface area contributed by atoms with Crippen molar-refractivity contribution in [2.45, 2.75) is 23.8 Å². The van der Waals surface area contributed by atoms with Crippen LogP contribution in [0, 0.1) is 0 Å². The first-order valence-corrected chi connectivity index (χ1v) is 7.56. The number of halogens is 3. The van der Waals surface area contributed by atoms with Gasteiger partial charge in [0, 0.05) is 18.6 Å². The summed E-state index contributed by atoms with van der Waals surface area (Å²) >= 11 is 6.90. The van der Waals surface area contributed by atoms with Crippen LogP contribution in [0.1, 0.15) is 6.42 Å². The van der Waals surface area contributed by atoms with Gasteiger partial charge in [-0.2, -0.15) is 0 Å². The molecule has 0 aromatic heterocycles. The van der Waals surface area contributed by atoms with E-state index < -0.39 is 12.2 Å². The SMILES string of the molecule is COC(CN)CC(=O)Nc1cccc(Cl)c1SCC(F)F. The molecule has 1 aromatic rings. The molecule has 8 heteroatoms. The first-order valence-electron chi connectivity index (χ1n) is 6.20. The third-order valence-corrected chi connectivity index (χ3v) is 4.18. The van der Waals surface area contributed by atoms with Gasteiger partial charge in [0.05, 0.1) is 29.0 Å². The van der Waals surface area contributed by atoms with Crippen LogP contribution in [0.4, 0.5) is 14.5 Å². The summed E-state index contributed by atoms with van der Waals surface area (Å²) in [6.07, 6.45) is -2.76. The van der Waals surface area contributed by atoms with Gasteiger partial charge in [-0.05, 0) is 12.1 Å². The summed E-state index contributed by atoms with van der Waals surface area (Å²) in [5, 5.41) is 2.97. The minimum atomic E-state index is -2.45. The number of carbonyl (C=O) groups excluding carboxylic acids is 1. The van der Waals surface area contributed by atoms with Crippen molar-refractivity contribution in [3.8, 4) is 0 Å². The van der Waals surface area contributed by atoms with Gasteiger partial charge in [0.1, 0.15) is 0 Å². The predicted octanol–water partition coefficient (Wildman–Crippen LogP) is 3.00. The lowest BCUT2D eigenvalue weighted by molar-refractivity contribution is -0.118. The first-order chi connectivity index (χ1) is 9.97. The Morgan fingerprint density at radius 3 is 2.81 bits per heavy atom. The summed E-state index contributed by atoms with van der Waals surface area (Å²) in [5.41, 5.74) is 5.85. The number of hydrogen-bond acceptors (Lipinski definition) is 4. The molecule has 0 radical (unpaired) electrons. The molecule has 1 aromatic carbocycles. The van der Waals surface area contributed by atoms with Gasteiger partial charge in [0.2, 0.25) is 12.3 Å². The van der Waals surface area contributed by atoms with Crippen LogP contribution in [0.15, 0.2) is 23.1 Å². The lowest BCUT2D eigenvalue weighted by atomic mass is 10.2. The molecule has 0 aliphatic heterocycles. The third kappa shape index (κ3) is 6.17. The number of nitrogens with two attached hydrogens (primary N) is 1. The number of benzene rings is 1. The number of anilines is 1. The van der Waals surface area contributed by atoms with Crippen LogP contribution in [0.2, 0.25) is 5.02 Å². The Kier molecular flexibility index (Phi) is 7.95. The van der Waals surface area contributed by atoms with Crippen LogP contribution in [0.25, 0.3) is 0 Å². The van der Waals surface area contributed by atoms with Crippen molar-refractivity contribution in [3.63, 3.8) is 0 Å². The molecule has 0 heterocycles. The molecule has 118 valence electrons. The molecular formula is C13H17ClF2N2O2S. The van der Waals surface area contributed by atoms with Gasteiger partial charge in [0.15, 0.2) is 0 Å². The van der Waals surface area contributed by atoms with Crippen LogP contribution < -0.4 is 11.1 Å². The van der Waals surface area contributed by atoms with Crippen molar-refractivity contribution in [1.82, 2.24) is 0 Å². The van der Waals surface area contributed by atoms with Crippen molar-refractivity contribution in [1.29, 1.82) is 0 Å². The van der Waals surface area contributed by atoms with E-state index in [1.54, 1.807) is 18.2 Å². The Morgan fingerprint density at radius 1 is 1.52 bits per heavy atom. The highest BCUT2D eigenvalue weighted by Gasteiger charge is 2.15. The summed E-state index contributed by atoms with van der Waals surface area (Å²) in [7, 11) is 1.47. The zero-order valence-corrected chi connectivity index (χ0v) is 13.0. The number of amides is 1. The standard InChI is InChI=1S/C13H17ClF2N2O2S/c1-20-8(6-17)5-12(19)18-10-4-2-3-9(14)13(10)21-7-11(15)16/h2-4,8,11H,5-7,17H2,1H3,(H,18,19). The maximum Gasteiger partial charge on any atom is 0.247 e. The van der Waals surface area contributed by atoms with Gasteiger partial charge in [0.25, 0.3) is 0 Å². The maximum atomic E-state index is 12.3. The van der Waals surface area contributed by atoms with Gasteiger partial charge in [-0.15, -0.1) is 11.8 Å². The number of thioether (sulfide) groups is 1. The Bertz CT molecular complexity index is 473. The highest BCUT2D eigenvalue weighted by atomic mass is 35.5. The second-order valence-electron chi connectivity index (χ2n) is 4.16. The first kappa shape index (κ1) is 18.2. The molecule has 1 atom stereocenters. The molecule has 1 amide bonds. The highest BCUT2D eigenvalue weighted by Crippen LogP contribution is 2.35. The molecule has 3 N–H and O–H groups in total. The number of nitrogens with one attached hydrogen (secondary N) is 1. The molecule has 1 rings (SSSR count). The second-order valence-corrected chi connectivity index (χ2v) is 5.60. The van der Waals surface area contributed by atoms with E-state index in [0.717, 1.165) is 11.8 Å². The normalized spacial score (nSPS) is 12.5. The molecule has 0 aliphatic carbocycles. The molecule has 0 saturated heterocycles. The molecule has 0 aliphatic rings. The van der Waals surface area contributed by atoms with E-state index in [2.05, 4.69) is 5.32 Å². The van der Waals surface area contributed by atoms with Crippen molar-refractivity contribution in [2.75, 3.05) is 24.7 Å². The van der Waals surface area contributed by atoms with E-state index in [9.17, 15) is 13.6 Å². The van der Waals surface area contributed by atoms with Gasteiger partial charge < -0.3 is 15.8 Å². The average molecular weight is 339 g/mol. The number of rotatable bonds is 8. The quantitative estimate of drug-likeness (QED) is 0.715. The number of ether oxygens (including phenoxy) is 1. The zero-order valence-electron chi connectivity index (χ0n) is 11.4. The van der Waals surface area contributed by atoms with Crippen LogP contribution >= 0.6 is 23.4 Å². The Hall–Kier alpha value is -0.890. The molecule has 0 saturated carbocycles. The van der Waals surface area contributed by atoms with Crippen molar-refractivity contribution < 1.29 is 18.3 Å². The number of alkyl halides is 2. The van der Waals surface area contributed by atoms with Crippen LogP contribution in [0.3, 0.4) is 0 Å².